The number of nitrogens with one attached hydrogen (secondary N) is 1. The van der Waals surface area contributed by atoms with Crippen LogP contribution < -0.4 is 5.48 Å². The van der Waals surface area contributed by atoms with Crippen LogP contribution in [0.3, 0.4) is 0 Å². The van der Waals surface area contributed by atoms with E-state index in [-0.39, 0.29) is 12.6 Å². The van der Waals surface area contributed by atoms with Crippen molar-refractivity contribution in [2.24, 2.45) is 0 Å². The van der Waals surface area contributed by atoms with E-state index in [0.717, 1.165) is 5.56 Å². The normalized spacial score (nSPS) is 11.4. The van der Waals surface area contributed by atoms with E-state index in [9.17, 15) is 0 Å². The van der Waals surface area contributed by atoms with E-state index in [2.05, 4.69) is 0 Å². The monoisotopic (exact) mass is 183 g/mol. The van der Waals surface area contributed by atoms with Crippen molar-refractivity contribution in [1.82, 2.24) is 5.48 Å². The van der Waals surface area contributed by atoms with Crippen molar-refractivity contribution in [1.29, 1.82) is 0 Å². The maximum atomic E-state index is 8.76. The Kier molecular flexibility index (Phi) is 7.20. The lowest BCUT2D eigenvalue weighted by atomic mass is 10.1. The van der Waals surface area contributed by atoms with E-state index in [0.29, 0.717) is 0 Å². The Morgan fingerprint density at radius 2 is 1.77 bits per heavy atom. The molecule has 0 aliphatic heterocycles. The van der Waals surface area contributed by atoms with Crippen molar-refractivity contribution < 1.29 is 10.3 Å². The van der Waals surface area contributed by atoms with Crippen LogP contribution in [0, 0.1) is 0 Å². The quantitative estimate of drug-likeness (QED) is 0.625. The van der Waals surface area contributed by atoms with Crippen molar-refractivity contribution >= 4 is 0 Å². The van der Waals surface area contributed by atoms with Gasteiger partial charge in [0.05, 0.1) is 12.6 Å². The summed E-state index contributed by atoms with van der Waals surface area (Å²) in [6.45, 7) is 3.89. The molecule has 1 atom stereocenters. The van der Waals surface area contributed by atoms with Gasteiger partial charge in [0.25, 0.3) is 0 Å². The van der Waals surface area contributed by atoms with E-state index in [1.807, 2.05) is 49.7 Å². The summed E-state index contributed by atoms with van der Waals surface area (Å²) in [4.78, 5) is 0. The lowest BCUT2D eigenvalue weighted by molar-refractivity contribution is 0.0906. The predicted octanol–water partition coefficient (Wildman–Crippen LogP) is 1.72. The fourth-order valence-corrected chi connectivity index (χ4v) is 0.906. The zero-order chi connectivity index (χ0) is 10.1. The molecular weight excluding hydrogens is 166 g/mol. The van der Waals surface area contributed by atoms with Crippen molar-refractivity contribution in [3.8, 4) is 0 Å². The summed E-state index contributed by atoms with van der Waals surface area (Å²) in [5.74, 6) is 0. The number of aliphatic hydroxyl groups is 1. The van der Waals surface area contributed by atoms with Crippen LogP contribution in [0.2, 0.25) is 0 Å². The van der Waals surface area contributed by atoms with Crippen molar-refractivity contribution in [2.45, 2.75) is 19.9 Å². The highest BCUT2D eigenvalue weighted by atomic mass is 16.5. The maximum absolute atomic E-state index is 8.76. The fraction of sp³-hybridized carbons (Fsp3) is 0.400. The molecule has 0 aliphatic carbocycles. The fourth-order valence-electron chi connectivity index (χ4n) is 0.906. The van der Waals surface area contributed by atoms with Crippen molar-refractivity contribution in [3.05, 3.63) is 35.9 Å². The summed E-state index contributed by atoms with van der Waals surface area (Å²) >= 11 is 0. The molecule has 0 amide bonds. The molecule has 0 radical (unpaired) electrons. The zero-order valence-corrected chi connectivity index (χ0v) is 8.07. The molecule has 0 spiro atoms. The summed E-state index contributed by atoms with van der Waals surface area (Å²) in [5, 5.41) is 17.3. The van der Waals surface area contributed by atoms with E-state index < -0.39 is 0 Å². The standard InChI is InChI=1S/C8H11NO2.C2H6/c10-6-8(9-11)7-4-2-1-3-5-7;1-2/h1-5,8-11H,6H2;1-2H3/t8-;/m1./s1. The number of aliphatic hydroxyl groups excluding tert-OH is 1. The third-order valence-corrected chi connectivity index (χ3v) is 1.54. The van der Waals surface area contributed by atoms with Crippen LogP contribution >= 0.6 is 0 Å². The number of hydroxylamine groups is 1. The lowest BCUT2D eigenvalue weighted by Gasteiger charge is -2.10. The molecule has 0 unspecified atom stereocenters. The molecule has 0 bridgehead atoms. The summed E-state index contributed by atoms with van der Waals surface area (Å²) in [6.07, 6.45) is 0. The van der Waals surface area contributed by atoms with Gasteiger partial charge in [-0.15, -0.1) is 0 Å². The average Bonchev–Trinajstić information content (AvgIpc) is 2.24. The zero-order valence-electron chi connectivity index (χ0n) is 8.07. The van der Waals surface area contributed by atoms with Gasteiger partial charge in [0.2, 0.25) is 0 Å². The highest BCUT2D eigenvalue weighted by Crippen LogP contribution is 2.09. The molecule has 1 rings (SSSR count). The topological polar surface area (TPSA) is 52.5 Å². The van der Waals surface area contributed by atoms with Gasteiger partial charge in [-0.25, -0.2) is 0 Å². The van der Waals surface area contributed by atoms with Crippen LogP contribution in [0.4, 0.5) is 0 Å². The van der Waals surface area contributed by atoms with Gasteiger partial charge in [-0.05, 0) is 5.56 Å². The van der Waals surface area contributed by atoms with Gasteiger partial charge < -0.3 is 10.3 Å². The molecule has 3 nitrogen and oxygen atoms in total. The van der Waals surface area contributed by atoms with Crippen molar-refractivity contribution in [2.75, 3.05) is 6.61 Å². The first-order valence-corrected chi connectivity index (χ1v) is 4.44. The molecule has 0 saturated carbocycles. The average molecular weight is 183 g/mol. The van der Waals surface area contributed by atoms with Crippen LogP contribution in [0.15, 0.2) is 30.3 Å². The molecule has 3 heteroatoms. The third-order valence-electron chi connectivity index (χ3n) is 1.54. The van der Waals surface area contributed by atoms with Gasteiger partial charge in [0.1, 0.15) is 0 Å². The van der Waals surface area contributed by atoms with Gasteiger partial charge in [-0.2, -0.15) is 5.48 Å². The largest absolute Gasteiger partial charge is 0.394 e. The SMILES string of the molecule is CC.OC[C@@H](NO)c1ccccc1. The first kappa shape index (κ1) is 12.1. The van der Waals surface area contributed by atoms with Gasteiger partial charge in [-0.3, -0.25) is 0 Å². The number of rotatable bonds is 3. The molecule has 74 valence electrons. The smallest absolute Gasteiger partial charge is 0.0800 e. The molecule has 1 aromatic rings. The Hall–Kier alpha value is -0.900. The van der Waals surface area contributed by atoms with E-state index >= 15 is 0 Å². The van der Waals surface area contributed by atoms with Crippen LogP contribution in [0.1, 0.15) is 25.5 Å². The minimum Gasteiger partial charge on any atom is -0.394 e. The van der Waals surface area contributed by atoms with Gasteiger partial charge in [-0.1, -0.05) is 44.2 Å². The molecule has 13 heavy (non-hydrogen) atoms. The molecule has 0 aliphatic rings. The molecule has 3 N–H and O–H groups in total. The van der Waals surface area contributed by atoms with Gasteiger partial charge >= 0.3 is 0 Å². The van der Waals surface area contributed by atoms with E-state index in [4.69, 9.17) is 10.3 Å². The molecule has 0 saturated heterocycles. The second kappa shape index (κ2) is 7.73. The highest BCUT2D eigenvalue weighted by Gasteiger charge is 2.05. The second-order valence-electron chi connectivity index (χ2n) is 2.27. The third kappa shape index (κ3) is 4.03. The van der Waals surface area contributed by atoms with E-state index in [1.165, 1.54) is 0 Å². The Morgan fingerprint density at radius 1 is 1.23 bits per heavy atom. The summed E-state index contributed by atoms with van der Waals surface area (Å²) in [6, 6.07) is 8.89. The molecule has 0 heterocycles. The first-order chi connectivity index (χ1) is 6.38. The Morgan fingerprint density at radius 3 is 2.15 bits per heavy atom. The number of hydrogen-bond donors (Lipinski definition) is 3. The number of benzene rings is 1. The van der Waals surface area contributed by atoms with E-state index in [1.54, 1.807) is 0 Å². The summed E-state index contributed by atoms with van der Waals surface area (Å²) in [5.41, 5.74) is 2.89. The Bertz CT molecular complexity index is 197. The van der Waals surface area contributed by atoms with Crippen molar-refractivity contribution in [3.63, 3.8) is 0 Å². The minimum absolute atomic E-state index is 0.111. The van der Waals surface area contributed by atoms with Crippen LogP contribution in [0.5, 0.6) is 0 Å². The number of hydrogen-bond acceptors (Lipinski definition) is 3. The lowest BCUT2D eigenvalue weighted by Crippen LogP contribution is -2.20. The van der Waals surface area contributed by atoms with Gasteiger partial charge in [0.15, 0.2) is 0 Å². The molecular formula is C10H17NO2. The first-order valence-electron chi connectivity index (χ1n) is 4.44. The van der Waals surface area contributed by atoms with Crippen LogP contribution in [-0.4, -0.2) is 16.9 Å². The summed E-state index contributed by atoms with van der Waals surface area (Å²) in [7, 11) is 0. The second-order valence-corrected chi connectivity index (χ2v) is 2.27. The Labute approximate surface area is 79.0 Å². The summed E-state index contributed by atoms with van der Waals surface area (Å²) < 4.78 is 0. The Balaban J connectivity index is 0.000000671. The molecule has 1 aromatic carbocycles. The van der Waals surface area contributed by atoms with Gasteiger partial charge in [0, 0.05) is 0 Å². The van der Waals surface area contributed by atoms with Crippen LogP contribution in [0.25, 0.3) is 0 Å². The molecule has 0 aromatic heterocycles. The molecule has 0 fully saturated rings. The predicted molar refractivity (Wildman–Crippen MR) is 52.5 cm³/mol. The minimum atomic E-state index is -0.379. The highest BCUT2D eigenvalue weighted by molar-refractivity contribution is 5.18. The van der Waals surface area contributed by atoms with Crippen LogP contribution in [-0.2, 0) is 0 Å². The maximum Gasteiger partial charge on any atom is 0.0800 e.